The third-order valence-electron chi connectivity index (χ3n) is 3.16. The predicted molar refractivity (Wildman–Crippen MR) is 73.3 cm³/mol. The Morgan fingerprint density at radius 2 is 2.05 bits per heavy atom. The molecule has 2 aromatic heterocycles. The highest BCUT2D eigenvalue weighted by Gasteiger charge is 2.34. The molecule has 0 aliphatic rings. The SMILES string of the molecule is Cc1ccnc(Cn2cccc(C(F)(F)F)c2=O)c1CCl. The van der Waals surface area contributed by atoms with Crippen LogP contribution in [0.1, 0.15) is 22.4 Å². The lowest BCUT2D eigenvalue weighted by Gasteiger charge is -2.12. The summed E-state index contributed by atoms with van der Waals surface area (Å²) in [5.74, 6) is 0.183. The number of pyridine rings is 2. The molecule has 0 fully saturated rings. The Hall–Kier alpha value is -1.82. The first kappa shape index (κ1) is 15.6. The maximum absolute atomic E-state index is 12.7. The van der Waals surface area contributed by atoms with Gasteiger partial charge >= 0.3 is 6.18 Å². The topological polar surface area (TPSA) is 34.9 Å². The molecule has 0 radical (unpaired) electrons. The van der Waals surface area contributed by atoms with E-state index in [4.69, 9.17) is 11.6 Å². The molecule has 0 aliphatic heterocycles. The molecule has 2 rings (SSSR count). The lowest BCUT2D eigenvalue weighted by Crippen LogP contribution is -2.28. The Morgan fingerprint density at radius 1 is 1.33 bits per heavy atom. The molecule has 3 nitrogen and oxygen atoms in total. The monoisotopic (exact) mass is 316 g/mol. The first-order valence-corrected chi connectivity index (χ1v) is 6.64. The minimum Gasteiger partial charge on any atom is -0.309 e. The fraction of sp³-hybridized carbons (Fsp3) is 0.286. The Labute approximate surface area is 124 Å². The highest BCUT2D eigenvalue weighted by atomic mass is 35.5. The second kappa shape index (κ2) is 5.89. The maximum atomic E-state index is 12.7. The van der Waals surface area contributed by atoms with E-state index in [1.165, 1.54) is 12.3 Å². The number of nitrogens with zero attached hydrogens (tertiary/aromatic N) is 2. The van der Waals surface area contributed by atoms with Crippen LogP contribution in [0.3, 0.4) is 0 Å². The first-order chi connectivity index (χ1) is 9.84. The van der Waals surface area contributed by atoms with Gasteiger partial charge in [0.15, 0.2) is 0 Å². The van der Waals surface area contributed by atoms with E-state index in [1.54, 1.807) is 12.3 Å². The van der Waals surface area contributed by atoms with Gasteiger partial charge in [0.2, 0.25) is 0 Å². The summed E-state index contributed by atoms with van der Waals surface area (Å²) in [6, 6.07) is 3.72. The molecular weight excluding hydrogens is 305 g/mol. The zero-order valence-corrected chi connectivity index (χ0v) is 11.9. The van der Waals surface area contributed by atoms with E-state index in [2.05, 4.69) is 4.98 Å². The summed E-state index contributed by atoms with van der Waals surface area (Å²) < 4.78 is 39.2. The molecule has 0 aromatic carbocycles. The molecule has 2 heterocycles. The van der Waals surface area contributed by atoms with Gasteiger partial charge < -0.3 is 4.57 Å². The molecule has 112 valence electrons. The average Bonchev–Trinajstić information content (AvgIpc) is 2.40. The number of aryl methyl sites for hydroxylation is 1. The van der Waals surface area contributed by atoms with Crippen molar-refractivity contribution in [2.75, 3.05) is 0 Å². The van der Waals surface area contributed by atoms with E-state index in [9.17, 15) is 18.0 Å². The largest absolute Gasteiger partial charge is 0.421 e. The van der Waals surface area contributed by atoms with Crippen molar-refractivity contribution in [2.45, 2.75) is 25.5 Å². The zero-order valence-electron chi connectivity index (χ0n) is 11.1. The van der Waals surface area contributed by atoms with Crippen LogP contribution in [-0.2, 0) is 18.6 Å². The van der Waals surface area contributed by atoms with Crippen LogP contribution in [0.25, 0.3) is 0 Å². The van der Waals surface area contributed by atoms with Crippen molar-refractivity contribution >= 4 is 11.6 Å². The first-order valence-electron chi connectivity index (χ1n) is 6.10. The molecule has 0 spiro atoms. The fourth-order valence-electron chi connectivity index (χ4n) is 2.00. The van der Waals surface area contributed by atoms with E-state index >= 15 is 0 Å². The number of halogens is 4. The zero-order chi connectivity index (χ0) is 15.6. The van der Waals surface area contributed by atoms with Crippen LogP contribution < -0.4 is 5.56 Å². The lowest BCUT2D eigenvalue weighted by molar-refractivity contribution is -0.138. The van der Waals surface area contributed by atoms with Crippen LogP contribution >= 0.6 is 11.6 Å². The van der Waals surface area contributed by atoms with E-state index < -0.39 is 17.3 Å². The quantitative estimate of drug-likeness (QED) is 0.814. The Morgan fingerprint density at radius 3 is 2.67 bits per heavy atom. The van der Waals surface area contributed by atoms with Gasteiger partial charge in [-0.15, -0.1) is 11.6 Å². The fourth-order valence-corrected chi connectivity index (χ4v) is 2.37. The summed E-state index contributed by atoms with van der Waals surface area (Å²) >= 11 is 5.84. The van der Waals surface area contributed by atoms with E-state index in [1.807, 2.05) is 6.92 Å². The number of rotatable bonds is 3. The minimum atomic E-state index is -4.67. The van der Waals surface area contributed by atoms with Gasteiger partial charge in [-0.05, 0) is 36.2 Å². The van der Waals surface area contributed by atoms with Gasteiger partial charge in [-0.1, -0.05) is 0 Å². The normalized spacial score (nSPS) is 11.7. The lowest BCUT2D eigenvalue weighted by atomic mass is 10.1. The van der Waals surface area contributed by atoms with Crippen molar-refractivity contribution in [3.8, 4) is 0 Å². The van der Waals surface area contributed by atoms with Gasteiger partial charge in [0.25, 0.3) is 5.56 Å². The molecule has 0 saturated carbocycles. The van der Waals surface area contributed by atoms with Crippen molar-refractivity contribution in [3.63, 3.8) is 0 Å². The Bertz CT molecular complexity index is 710. The number of alkyl halides is 4. The van der Waals surface area contributed by atoms with Crippen molar-refractivity contribution < 1.29 is 13.2 Å². The van der Waals surface area contributed by atoms with Crippen LogP contribution in [0.2, 0.25) is 0 Å². The Balaban J connectivity index is 2.47. The predicted octanol–water partition coefficient (Wildman–Crippen LogP) is 3.36. The summed E-state index contributed by atoms with van der Waals surface area (Å²) in [5, 5.41) is 0. The molecule has 0 amide bonds. The van der Waals surface area contributed by atoms with Gasteiger partial charge in [0.05, 0.1) is 12.2 Å². The minimum absolute atomic E-state index is 0.0491. The van der Waals surface area contributed by atoms with Crippen LogP contribution in [0.4, 0.5) is 13.2 Å². The van der Waals surface area contributed by atoms with Gasteiger partial charge in [-0.2, -0.15) is 13.2 Å². The molecule has 0 aliphatic carbocycles. The third-order valence-corrected chi connectivity index (χ3v) is 3.43. The number of aromatic nitrogens is 2. The van der Waals surface area contributed by atoms with Crippen molar-refractivity contribution in [2.24, 2.45) is 0 Å². The second-order valence-electron chi connectivity index (χ2n) is 4.54. The smallest absolute Gasteiger partial charge is 0.309 e. The van der Waals surface area contributed by atoms with Crippen molar-refractivity contribution in [1.82, 2.24) is 9.55 Å². The summed E-state index contributed by atoms with van der Waals surface area (Å²) in [4.78, 5) is 16.0. The average molecular weight is 317 g/mol. The van der Waals surface area contributed by atoms with Gasteiger partial charge in [0.1, 0.15) is 5.56 Å². The summed E-state index contributed by atoms with van der Waals surface area (Å²) in [5.41, 5.74) is -0.177. The standard InChI is InChI=1S/C14H12ClF3N2O/c1-9-4-5-19-12(10(9)7-15)8-20-6-2-3-11(13(20)21)14(16,17)18/h2-6H,7-8H2,1H3. The van der Waals surface area contributed by atoms with Crippen molar-refractivity contribution in [3.05, 3.63) is 63.3 Å². The molecule has 0 atom stereocenters. The number of hydrogen-bond acceptors (Lipinski definition) is 2. The van der Waals surface area contributed by atoms with Crippen LogP contribution in [0.5, 0.6) is 0 Å². The van der Waals surface area contributed by atoms with E-state index in [-0.39, 0.29) is 12.4 Å². The maximum Gasteiger partial charge on any atom is 0.421 e. The van der Waals surface area contributed by atoms with E-state index in [0.717, 1.165) is 21.8 Å². The highest BCUT2D eigenvalue weighted by Crippen LogP contribution is 2.26. The Kier molecular flexibility index (Phi) is 4.37. The summed E-state index contributed by atoms with van der Waals surface area (Å²) in [7, 11) is 0. The highest BCUT2D eigenvalue weighted by molar-refractivity contribution is 6.17. The molecule has 0 saturated heterocycles. The molecule has 0 N–H and O–H groups in total. The third kappa shape index (κ3) is 3.26. The summed E-state index contributed by atoms with van der Waals surface area (Å²) in [6.45, 7) is 1.78. The van der Waals surface area contributed by atoms with Crippen LogP contribution in [-0.4, -0.2) is 9.55 Å². The molecular formula is C14H12ClF3N2O. The van der Waals surface area contributed by atoms with Crippen LogP contribution in [0, 0.1) is 6.92 Å². The van der Waals surface area contributed by atoms with Crippen LogP contribution in [0.15, 0.2) is 35.4 Å². The van der Waals surface area contributed by atoms with Gasteiger partial charge in [0, 0.05) is 18.3 Å². The van der Waals surface area contributed by atoms with Gasteiger partial charge in [-0.25, -0.2) is 0 Å². The number of hydrogen-bond donors (Lipinski definition) is 0. The molecule has 0 unspecified atom stereocenters. The molecule has 21 heavy (non-hydrogen) atoms. The van der Waals surface area contributed by atoms with Gasteiger partial charge in [-0.3, -0.25) is 9.78 Å². The molecule has 7 heteroatoms. The second-order valence-corrected chi connectivity index (χ2v) is 4.81. The molecule has 0 bridgehead atoms. The van der Waals surface area contributed by atoms with Crippen molar-refractivity contribution in [1.29, 1.82) is 0 Å². The van der Waals surface area contributed by atoms with E-state index in [0.29, 0.717) is 5.69 Å². The molecule has 2 aromatic rings. The summed E-state index contributed by atoms with van der Waals surface area (Å²) in [6.07, 6.45) is -1.82.